The number of anilines is 1. The predicted molar refractivity (Wildman–Crippen MR) is 145 cm³/mol. The highest BCUT2D eigenvalue weighted by Gasteiger charge is 2.28. The van der Waals surface area contributed by atoms with Crippen LogP contribution in [0.3, 0.4) is 0 Å². The van der Waals surface area contributed by atoms with Gasteiger partial charge in [-0.05, 0) is 30.7 Å². The molecule has 1 aliphatic rings. The van der Waals surface area contributed by atoms with Crippen LogP contribution < -0.4 is 24.3 Å². The van der Waals surface area contributed by atoms with Crippen molar-refractivity contribution < 1.29 is 32.9 Å². The summed E-state index contributed by atoms with van der Waals surface area (Å²) in [5.41, 5.74) is 3.54. The molecule has 5 aromatic rings. The molecule has 1 atom stereocenters. The van der Waals surface area contributed by atoms with E-state index >= 15 is 4.39 Å². The van der Waals surface area contributed by atoms with Crippen molar-refractivity contribution in [2.24, 2.45) is 0 Å². The first-order chi connectivity index (χ1) is 19.4. The van der Waals surface area contributed by atoms with Crippen molar-refractivity contribution in [3.8, 4) is 33.8 Å². The Morgan fingerprint density at radius 2 is 1.95 bits per heavy atom. The van der Waals surface area contributed by atoms with Crippen LogP contribution in [-0.2, 0) is 4.74 Å². The summed E-state index contributed by atoms with van der Waals surface area (Å²) in [5, 5.41) is 3.13. The Balaban J connectivity index is 1.22. The minimum absolute atomic E-state index is 0.0942. The zero-order chi connectivity index (χ0) is 27.8. The number of carbonyl (C=O) groups is 1. The first-order valence-corrected chi connectivity index (χ1v) is 12.9. The van der Waals surface area contributed by atoms with Crippen molar-refractivity contribution in [2.75, 3.05) is 32.8 Å². The van der Waals surface area contributed by atoms with Crippen LogP contribution in [0.1, 0.15) is 5.56 Å². The molecule has 1 amide bonds. The lowest BCUT2D eigenvalue weighted by Gasteiger charge is -2.26. The van der Waals surface area contributed by atoms with Crippen LogP contribution in [0.2, 0.25) is 0 Å². The summed E-state index contributed by atoms with van der Waals surface area (Å²) in [6.07, 6.45) is 1.64. The SMILES string of the molecule is COc1ccc(NC(=O)OC[C@H]2COc3c(cc(F)c4nc(-c5cc(C)cc6nc(OC)cnc56)sc34)O2)cn1. The molecule has 0 saturated heterocycles. The standard InChI is InChI=1S/C27H22FN5O6S/c1-13-6-16(22-18(7-13)32-21(36-3)10-30-22)26-33-23-17(28)8-19-24(25(23)40-26)37-11-15(39-19)12-38-27(34)31-14-4-5-20(35-2)29-9-14/h4-10,15H,11-12H2,1-3H3,(H,31,34)/t15-/m1/s1. The van der Waals surface area contributed by atoms with Crippen molar-refractivity contribution in [3.05, 3.63) is 54.1 Å². The summed E-state index contributed by atoms with van der Waals surface area (Å²) in [6, 6.07) is 8.30. The van der Waals surface area contributed by atoms with Gasteiger partial charge in [-0.25, -0.2) is 29.1 Å². The number of pyridine rings is 1. The Labute approximate surface area is 230 Å². The fourth-order valence-corrected chi connectivity index (χ4v) is 5.30. The molecule has 4 heterocycles. The molecule has 0 radical (unpaired) electrons. The monoisotopic (exact) mass is 563 g/mol. The molecule has 0 aliphatic carbocycles. The Bertz CT molecular complexity index is 1750. The molecule has 1 N–H and O–H groups in total. The van der Waals surface area contributed by atoms with Crippen LogP contribution in [0.4, 0.5) is 14.9 Å². The average molecular weight is 564 g/mol. The first kappa shape index (κ1) is 25.5. The Hall–Kier alpha value is -4.78. The van der Waals surface area contributed by atoms with Gasteiger partial charge in [-0.3, -0.25) is 5.32 Å². The maximum Gasteiger partial charge on any atom is 0.411 e. The maximum atomic E-state index is 15.2. The molecule has 0 bridgehead atoms. The van der Waals surface area contributed by atoms with Gasteiger partial charge in [0.05, 0.1) is 43.3 Å². The lowest BCUT2D eigenvalue weighted by Crippen LogP contribution is -2.35. The van der Waals surface area contributed by atoms with Gasteiger partial charge < -0.3 is 23.7 Å². The fourth-order valence-electron chi connectivity index (χ4n) is 4.22. The van der Waals surface area contributed by atoms with E-state index in [1.54, 1.807) is 12.1 Å². The molecule has 0 spiro atoms. The summed E-state index contributed by atoms with van der Waals surface area (Å²) < 4.78 is 43.0. The number of nitrogens with zero attached hydrogens (tertiary/aromatic N) is 4. The highest BCUT2D eigenvalue weighted by atomic mass is 32.1. The smallest absolute Gasteiger partial charge is 0.411 e. The summed E-state index contributed by atoms with van der Waals surface area (Å²) in [6.45, 7) is 1.92. The third-order valence-corrected chi connectivity index (χ3v) is 7.14. The van der Waals surface area contributed by atoms with Gasteiger partial charge in [0.15, 0.2) is 23.4 Å². The van der Waals surface area contributed by atoms with E-state index in [1.165, 1.54) is 44.0 Å². The summed E-state index contributed by atoms with van der Waals surface area (Å²) in [4.78, 5) is 29.8. The molecule has 40 heavy (non-hydrogen) atoms. The second-order valence-corrected chi connectivity index (χ2v) is 9.84. The van der Waals surface area contributed by atoms with Crippen LogP contribution >= 0.6 is 11.3 Å². The van der Waals surface area contributed by atoms with Crippen LogP contribution in [-0.4, -0.2) is 59.6 Å². The number of aryl methyl sites for hydroxylation is 1. The van der Waals surface area contributed by atoms with E-state index in [0.717, 1.165) is 11.1 Å². The van der Waals surface area contributed by atoms with E-state index in [4.69, 9.17) is 23.7 Å². The van der Waals surface area contributed by atoms with Gasteiger partial charge in [-0.1, -0.05) is 0 Å². The normalized spacial score (nSPS) is 14.2. The van der Waals surface area contributed by atoms with Gasteiger partial charge in [0.2, 0.25) is 11.8 Å². The Kier molecular flexibility index (Phi) is 6.64. The number of ether oxygens (including phenoxy) is 5. The molecular weight excluding hydrogens is 541 g/mol. The topological polar surface area (TPSA) is 127 Å². The van der Waals surface area contributed by atoms with E-state index in [9.17, 15) is 4.79 Å². The van der Waals surface area contributed by atoms with Crippen LogP contribution in [0.25, 0.3) is 31.8 Å². The van der Waals surface area contributed by atoms with Gasteiger partial charge in [0.1, 0.15) is 28.4 Å². The quantitative estimate of drug-likeness (QED) is 0.296. The number of hydrogen-bond acceptors (Lipinski definition) is 11. The number of nitrogens with one attached hydrogen (secondary N) is 1. The Morgan fingerprint density at radius 1 is 1.10 bits per heavy atom. The van der Waals surface area contributed by atoms with Crippen molar-refractivity contribution in [1.82, 2.24) is 19.9 Å². The lowest BCUT2D eigenvalue weighted by molar-refractivity contribution is 0.0381. The van der Waals surface area contributed by atoms with Crippen molar-refractivity contribution in [1.29, 1.82) is 0 Å². The molecule has 204 valence electrons. The highest BCUT2D eigenvalue weighted by molar-refractivity contribution is 7.22. The van der Waals surface area contributed by atoms with Crippen molar-refractivity contribution in [3.63, 3.8) is 0 Å². The fraction of sp³-hybridized carbons (Fsp3) is 0.222. The number of thiazole rings is 1. The summed E-state index contributed by atoms with van der Waals surface area (Å²) in [5.74, 6) is 0.846. The third kappa shape index (κ3) is 4.86. The van der Waals surface area contributed by atoms with Crippen molar-refractivity contribution in [2.45, 2.75) is 13.0 Å². The first-order valence-electron chi connectivity index (χ1n) is 12.1. The number of halogens is 1. The van der Waals surface area contributed by atoms with Crippen LogP contribution in [0.15, 0.2) is 42.7 Å². The predicted octanol–water partition coefficient (Wildman–Crippen LogP) is 5.15. The third-order valence-electron chi connectivity index (χ3n) is 6.05. The molecule has 11 nitrogen and oxygen atoms in total. The second kappa shape index (κ2) is 10.4. The zero-order valence-corrected chi connectivity index (χ0v) is 22.4. The van der Waals surface area contributed by atoms with Gasteiger partial charge in [-0.2, -0.15) is 0 Å². The Morgan fingerprint density at radius 3 is 2.73 bits per heavy atom. The molecule has 0 saturated carbocycles. The molecule has 6 rings (SSSR count). The molecule has 13 heteroatoms. The van der Waals surface area contributed by atoms with Gasteiger partial charge in [0, 0.05) is 17.7 Å². The number of amides is 1. The number of carbonyl (C=O) groups excluding carboxylic acids is 1. The van der Waals surface area contributed by atoms with Crippen LogP contribution in [0, 0.1) is 12.7 Å². The van der Waals surface area contributed by atoms with Crippen molar-refractivity contribution >= 4 is 44.4 Å². The summed E-state index contributed by atoms with van der Waals surface area (Å²) >= 11 is 1.27. The van der Waals surface area contributed by atoms with Crippen LogP contribution in [0.5, 0.6) is 23.3 Å². The van der Waals surface area contributed by atoms with Gasteiger partial charge in [0.25, 0.3) is 0 Å². The zero-order valence-electron chi connectivity index (χ0n) is 21.6. The molecule has 1 aliphatic heterocycles. The number of methoxy groups -OCH3 is 2. The minimum atomic E-state index is -0.693. The molecule has 2 aromatic carbocycles. The highest BCUT2D eigenvalue weighted by Crippen LogP contribution is 2.45. The molecule has 0 fully saturated rings. The molecular formula is C27H22FN5O6S. The summed E-state index contributed by atoms with van der Waals surface area (Å²) in [7, 11) is 3.03. The number of hydrogen-bond donors (Lipinski definition) is 1. The van der Waals surface area contributed by atoms with Gasteiger partial charge >= 0.3 is 6.09 Å². The number of benzene rings is 2. The maximum absolute atomic E-state index is 15.2. The average Bonchev–Trinajstić information content (AvgIpc) is 3.42. The van der Waals surface area contributed by atoms with E-state index in [1.807, 2.05) is 19.1 Å². The number of fused-ring (bicyclic) bond motifs is 4. The largest absolute Gasteiger partial charge is 0.484 e. The molecule has 0 unspecified atom stereocenters. The lowest BCUT2D eigenvalue weighted by atomic mass is 10.1. The number of rotatable bonds is 6. The van der Waals surface area contributed by atoms with E-state index in [-0.39, 0.29) is 24.5 Å². The second-order valence-electron chi connectivity index (χ2n) is 8.84. The van der Waals surface area contributed by atoms with E-state index in [2.05, 4.69) is 25.3 Å². The van der Waals surface area contributed by atoms with E-state index < -0.39 is 18.0 Å². The number of aromatic nitrogens is 4. The van der Waals surface area contributed by atoms with Gasteiger partial charge in [-0.15, -0.1) is 11.3 Å². The minimum Gasteiger partial charge on any atom is -0.484 e. The van der Waals surface area contributed by atoms with E-state index in [0.29, 0.717) is 43.9 Å². The molecule has 3 aromatic heterocycles.